The van der Waals surface area contributed by atoms with Crippen LogP contribution in [0.4, 0.5) is 15.8 Å². The Hall–Kier alpha value is -3.87. The summed E-state index contributed by atoms with van der Waals surface area (Å²) in [5.41, 5.74) is 3.03. The van der Waals surface area contributed by atoms with Gasteiger partial charge in [-0.15, -0.1) is 0 Å². The zero-order chi connectivity index (χ0) is 23.2. The van der Waals surface area contributed by atoms with Crippen LogP contribution in [0, 0.1) is 5.82 Å². The molecule has 3 aromatic carbocycles. The van der Waals surface area contributed by atoms with Crippen molar-refractivity contribution in [2.45, 2.75) is 6.42 Å². The van der Waals surface area contributed by atoms with E-state index in [0.717, 1.165) is 24.3 Å². The van der Waals surface area contributed by atoms with Crippen molar-refractivity contribution < 1.29 is 18.7 Å². The molecule has 170 valence electrons. The molecule has 2 amide bonds. The fraction of sp³-hybridized carbons (Fsp3) is 0.231. The molecular weight excluding hydrogens is 421 g/mol. The van der Waals surface area contributed by atoms with Crippen LogP contribution in [0.25, 0.3) is 0 Å². The minimum Gasteiger partial charge on any atom is -0.496 e. The van der Waals surface area contributed by atoms with E-state index in [2.05, 4.69) is 10.2 Å². The van der Waals surface area contributed by atoms with Crippen LogP contribution in [-0.2, 0) is 11.2 Å². The Morgan fingerprint density at radius 3 is 2.24 bits per heavy atom. The van der Waals surface area contributed by atoms with Crippen molar-refractivity contribution in [3.05, 3.63) is 89.7 Å². The van der Waals surface area contributed by atoms with Gasteiger partial charge in [0.1, 0.15) is 11.6 Å². The molecule has 7 heteroatoms. The lowest BCUT2D eigenvalue weighted by molar-refractivity contribution is -0.130. The number of para-hydroxylation sites is 1. The van der Waals surface area contributed by atoms with Gasteiger partial charge < -0.3 is 19.9 Å². The number of hydrogen-bond acceptors (Lipinski definition) is 4. The highest BCUT2D eigenvalue weighted by Crippen LogP contribution is 2.22. The fourth-order valence-electron chi connectivity index (χ4n) is 3.89. The summed E-state index contributed by atoms with van der Waals surface area (Å²) in [5, 5.41) is 2.90. The Kier molecular flexibility index (Phi) is 6.88. The van der Waals surface area contributed by atoms with Gasteiger partial charge >= 0.3 is 0 Å². The molecule has 33 heavy (non-hydrogen) atoms. The first kappa shape index (κ1) is 22.3. The van der Waals surface area contributed by atoms with E-state index in [1.807, 2.05) is 35.2 Å². The third-order valence-electron chi connectivity index (χ3n) is 5.74. The molecule has 6 nitrogen and oxygen atoms in total. The Balaban J connectivity index is 1.30. The summed E-state index contributed by atoms with van der Waals surface area (Å²) in [6, 6.07) is 20.8. The predicted octanol–water partition coefficient (Wildman–Crippen LogP) is 3.98. The van der Waals surface area contributed by atoms with Crippen molar-refractivity contribution in [1.29, 1.82) is 0 Å². The summed E-state index contributed by atoms with van der Waals surface area (Å²) in [5.74, 6) is 0.0489. The molecule has 1 aliphatic rings. The summed E-state index contributed by atoms with van der Waals surface area (Å²) < 4.78 is 18.3. The zero-order valence-corrected chi connectivity index (χ0v) is 18.5. The van der Waals surface area contributed by atoms with E-state index in [4.69, 9.17) is 4.74 Å². The molecule has 0 radical (unpaired) electrons. The highest BCUT2D eigenvalue weighted by atomic mass is 19.1. The maximum absolute atomic E-state index is 13.1. The van der Waals surface area contributed by atoms with Crippen LogP contribution in [0.15, 0.2) is 72.8 Å². The second-order valence-corrected chi connectivity index (χ2v) is 7.87. The number of hydrogen-bond donors (Lipinski definition) is 1. The standard InChI is InChI=1S/C26H26FN3O3/c1-33-24-5-3-2-4-23(24)26(32)28-21-10-12-22(13-11-21)29-14-16-30(17-15-29)25(31)18-19-6-8-20(27)9-7-19/h2-13H,14-18H2,1H3,(H,28,32). The first-order valence-corrected chi connectivity index (χ1v) is 10.8. The van der Waals surface area contributed by atoms with Crippen LogP contribution in [0.5, 0.6) is 5.75 Å². The molecule has 0 saturated carbocycles. The Morgan fingerprint density at radius 2 is 1.58 bits per heavy atom. The molecule has 3 aromatic rings. The number of nitrogens with one attached hydrogen (secondary N) is 1. The van der Waals surface area contributed by atoms with Gasteiger partial charge in [0.2, 0.25) is 5.91 Å². The summed E-state index contributed by atoms with van der Waals surface area (Å²) in [7, 11) is 1.54. The fourth-order valence-corrected chi connectivity index (χ4v) is 3.89. The van der Waals surface area contributed by atoms with Crippen LogP contribution >= 0.6 is 0 Å². The minimum absolute atomic E-state index is 0.0515. The normalized spacial score (nSPS) is 13.5. The molecule has 0 bridgehead atoms. The van der Waals surface area contributed by atoms with Crippen LogP contribution < -0.4 is 15.0 Å². The number of anilines is 2. The van der Waals surface area contributed by atoms with Gasteiger partial charge in [0, 0.05) is 37.6 Å². The summed E-state index contributed by atoms with van der Waals surface area (Å²) in [4.78, 5) is 29.2. The number of benzene rings is 3. The second-order valence-electron chi connectivity index (χ2n) is 7.87. The maximum Gasteiger partial charge on any atom is 0.259 e. The summed E-state index contributed by atoms with van der Waals surface area (Å²) in [6.45, 7) is 2.71. The van der Waals surface area contributed by atoms with Crippen LogP contribution in [0.3, 0.4) is 0 Å². The van der Waals surface area contributed by atoms with E-state index in [1.165, 1.54) is 19.2 Å². The molecule has 0 aliphatic carbocycles. The number of amides is 2. The Bertz CT molecular complexity index is 1110. The quantitative estimate of drug-likeness (QED) is 0.621. The van der Waals surface area contributed by atoms with Gasteiger partial charge in [-0.2, -0.15) is 0 Å². The zero-order valence-electron chi connectivity index (χ0n) is 18.5. The number of nitrogens with zero attached hydrogens (tertiary/aromatic N) is 2. The van der Waals surface area contributed by atoms with E-state index in [9.17, 15) is 14.0 Å². The Labute approximate surface area is 192 Å². The van der Waals surface area contributed by atoms with Crippen LogP contribution in [-0.4, -0.2) is 50.0 Å². The van der Waals surface area contributed by atoms with E-state index >= 15 is 0 Å². The number of ether oxygens (including phenoxy) is 1. The van der Waals surface area contributed by atoms with Crippen molar-refractivity contribution in [2.75, 3.05) is 43.5 Å². The average Bonchev–Trinajstić information content (AvgIpc) is 2.86. The molecule has 1 fully saturated rings. The lowest BCUT2D eigenvalue weighted by Crippen LogP contribution is -2.49. The molecule has 1 saturated heterocycles. The van der Waals surface area contributed by atoms with Crippen molar-refractivity contribution in [2.24, 2.45) is 0 Å². The Morgan fingerprint density at radius 1 is 0.909 bits per heavy atom. The minimum atomic E-state index is -0.301. The number of halogens is 1. The highest BCUT2D eigenvalue weighted by molar-refractivity contribution is 6.06. The summed E-state index contributed by atoms with van der Waals surface area (Å²) in [6.07, 6.45) is 0.279. The highest BCUT2D eigenvalue weighted by Gasteiger charge is 2.21. The SMILES string of the molecule is COc1ccccc1C(=O)Nc1ccc(N2CCN(C(=O)Cc3ccc(F)cc3)CC2)cc1. The van der Waals surface area contributed by atoms with Gasteiger partial charge in [0.05, 0.1) is 19.1 Å². The van der Waals surface area contributed by atoms with Gasteiger partial charge in [-0.05, 0) is 54.1 Å². The van der Waals surface area contributed by atoms with E-state index < -0.39 is 0 Å². The lowest BCUT2D eigenvalue weighted by atomic mass is 10.1. The molecular formula is C26H26FN3O3. The molecule has 0 aromatic heterocycles. The number of carbonyl (C=O) groups excluding carboxylic acids is 2. The number of rotatable bonds is 6. The smallest absolute Gasteiger partial charge is 0.259 e. The van der Waals surface area contributed by atoms with Crippen molar-refractivity contribution in [3.8, 4) is 5.75 Å². The van der Waals surface area contributed by atoms with Gasteiger partial charge in [-0.1, -0.05) is 24.3 Å². The summed E-state index contributed by atoms with van der Waals surface area (Å²) >= 11 is 0. The number of methoxy groups -OCH3 is 1. The molecule has 4 rings (SSSR count). The topological polar surface area (TPSA) is 61.9 Å². The van der Waals surface area contributed by atoms with E-state index in [0.29, 0.717) is 30.1 Å². The first-order chi connectivity index (χ1) is 16.0. The molecule has 1 heterocycles. The van der Waals surface area contributed by atoms with Crippen molar-refractivity contribution in [1.82, 2.24) is 4.90 Å². The molecule has 0 spiro atoms. The maximum atomic E-state index is 13.1. The van der Waals surface area contributed by atoms with Crippen molar-refractivity contribution >= 4 is 23.2 Å². The largest absolute Gasteiger partial charge is 0.496 e. The molecule has 0 unspecified atom stereocenters. The van der Waals surface area contributed by atoms with E-state index in [1.54, 1.807) is 30.3 Å². The van der Waals surface area contributed by atoms with Crippen molar-refractivity contribution in [3.63, 3.8) is 0 Å². The van der Waals surface area contributed by atoms with Gasteiger partial charge in [-0.25, -0.2) is 4.39 Å². The lowest BCUT2D eigenvalue weighted by Gasteiger charge is -2.36. The van der Waals surface area contributed by atoms with Gasteiger partial charge in [0.25, 0.3) is 5.91 Å². The average molecular weight is 448 g/mol. The number of carbonyl (C=O) groups is 2. The van der Waals surface area contributed by atoms with Gasteiger partial charge in [0.15, 0.2) is 0 Å². The van der Waals surface area contributed by atoms with Gasteiger partial charge in [-0.3, -0.25) is 9.59 Å². The molecule has 0 atom stereocenters. The second kappa shape index (κ2) is 10.2. The van der Waals surface area contributed by atoms with E-state index in [-0.39, 0.29) is 24.1 Å². The molecule has 1 N–H and O–H groups in total. The molecule has 1 aliphatic heterocycles. The van der Waals surface area contributed by atoms with Crippen LogP contribution in [0.2, 0.25) is 0 Å². The third-order valence-corrected chi connectivity index (χ3v) is 5.74. The first-order valence-electron chi connectivity index (χ1n) is 10.8. The third kappa shape index (κ3) is 5.49. The van der Waals surface area contributed by atoms with Crippen LogP contribution in [0.1, 0.15) is 15.9 Å². The monoisotopic (exact) mass is 447 g/mol. The number of piperazine rings is 1. The predicted molar refractivity (Wildman–Crippen MR) is 126 cm³/mol.